The van der Waals surface area contributed by atoms with E-state index < -0.39 is 10.2 Å². The third-order valence-corrected chi connectivity index (χ3v) is 6.54. The molecule has 0 aromatic carbocycles. The van der Waals surface area contributed by atoms with Crippen molar-refractivity contribution in [2.24, 2.45) is 0 Å². The van der Waals surface area contributed by atoms with Crippen LogP contribution in [0.1, 0.15) is 30.3 Å². The third kappa shape index (κ3) is 3.44. The Morgan fingerprint density at radius 2 is 1.77 bits per heavy atom. The molecule has 0 N–H and O–H groups in total. The number of hydrogen-bond donors (Lipinski definition) is 0. The highest BCUT2D eigenvalue weighted by Gasteiger charge is 2.31. The molecular formula is C16H24N6O3S. The van der Waals surface area contributed by atoms with E-state index in [2.05, 4.69) is 10.2 Å². The Morgan fingerprint density at radius 1 is 1.12 bits per heavy atom. The summed E-state index contributed by atoms with van der Waals surface area (Å²) in [6, 6.07) is 4.96. The molecule has 1 fully saturated rings. The van der Waals surface area contributed by atoms with Crippen LogP contribution in [-0.2, 0) is 10.2 Å². The van der Waals surface area contributed by atoms with E-state index in [9.17, 15) is 13.2 Å². The molecule has 26 heavy (non-hydrogen) atoms. The minimum absolute atomic E-state index is 0.131. The molecule has 1 aliphatic rings. The van der Waals surface area contributed by atoms with E-state index in [4.69, 9.17) is 0 Å². The van der Waals surface area contributed by atoms with Crippen LogP contribution >= 0.6 is 0 Å². The topological polar surface area (TPSA) is 93.3 Å². The Hall–Kier alpha value is -2.04. The Bertz CT molecular complexity index is 955. The Kier molecular flexibility index (Phi) is 5.00. The monoisotopic (exact) mass is 380 g/mol. The molecular weight excluding hydrogens is 356 g/mol. The van der Waals surface area contributed by atoms with Crippen molar-refractivity contribution in [2.75, 3.05) is 27.2 Å². The van der Waals surface area contributed by atoms with Crippen LogP contribution in [0.2, 0.25) is 0 Å². The Labute approximate surface area is 153 Å². The second-order valence-corrected chi connectivity index (χ2v) is 8.88. The van der Waals surface area contributed by atoms with Gasteiger partial charge in [0.1, 0.15) is 0 Å². The first kappa shape index (κ1) is 18.7. The van der Waals surface area contributed by atoms with Gasteiger partial charge in [0, 0.05) is 38.9 Å². The number of piperidine rings is 1. The van der Waals surface area contributed by atoms with Gasteiger partial charge in [0.2, 0.25) is 0 Å². The lowest BCUT2D eigenvalue weighted by Gasteiger charge is -2.32. The summed E-state index contributed by atoms with van der Waals surface area (Å²) in [6.45, 7) is 4.56. The van der Waals surface area contributed by atoms with Gasteiger partial charge < -0.3 is 0 Å². The molecule has 0 amide bonds. The molecule has 1 aliphatic heterocycles. The highest BCUT2D eigenvalue weighted by atomic mass is 32.2. The molecule has 0 bridgehead atoms. The number of aryl methyl sites for hydroxylation is 2. The van der Waals surface area contributed by atoms with Gasteiger partial charge in [0.25, 0.3) is 15.8 Å². The first-order chi connectivity index (χ1) is 12.2. The predicted molar refractivity (Wildman–Crippen MR) is 97.5 cm³/mol. The van der Waals surface area contributed by atoms with Crippen molar-refractivity contribution >= 4 is 10.2 Å². The van der Waals surface area contributed by atoms with Crippen molar-refractivity contribution in [2.45, 2.75) is 32.7 Å². The van der Waals surface area contributed by atoms with Crippen LogP contribution in [-0.4, -0.2) is 63.8 Å². The molecule has 0 aliphatic carbocycles. The van der Waals surface area contributed by atoms with E-state index in [0.29, 0.717) is 31.7 Å². The molecule has 3 heterocycles. The lowest BCUT2D eigenvalue weighted by molar-refractivity contribution is 0.246. The number of hydrogen-bond acceptors (Lipinski definition) is 5. The molecule has 2 aromatic rings. The first-order valence-corrected chi connectivity index (χ1v) is 9.91. The van der Waals surface area contributed by atoms with Crippen molar-refractivity contribution in [3.8, 4) is 5.82 Å². The van der Waals surface area contributed by atoms with Gasteiger partial charge >= 0.3 is 0 Å². The fourth-order valence-electron chi connectivity index (χ4n) is 3.20. The summed E-state index contributed by atoms with van der Waals surface area (Å²) in [5, 5.41) is 8.89. The van der Waals surface area contributed by atoms with Crippen LogP contribution in [0.3, 0.4) is 0 Å². The highest BCUT2D eigenvalue weighted by Crippen LogP contribution is 2.23. The quantitative estimate of drug-likeness (QED) is 0.770. The number of aromatic nitrogens is 4. The average molecular weight is 380 g/mol. The summed E-state index contributed by atoms with van der Waals surface area (Å²) in [4.78, 5) is 12.3. The molecule has 2 aromatic heterocycles. The summed E-state index contributed by atoms with van der Waals surface area (Å²) in [5.41, 5.74) is 1.63. The van der Waals surface area contributed by atoms with Gasteiger partial charge in [-0.05, 0) is 38.8 Å². The van der Waals surface area contributed by atoms with Gasteiger partial charge in [-0.3, -0.25) is 4.79 Å². The molecule has 0 unspecified atom stereocenters. The van der Waals surface area contributed by atoms with Crippen LogP contribution in [0, 0.1) is 13.8 Å². The average Bonchev–Trinajstić information content (AvgIpc) is 2.93. The molecule has 0 spiro atoms. The fourth-order valence-corrected chi connectivity index (χ4v) is 4.33. The van der Waals surface area contributed by atoms with E-state index in [-0.39, 0.29) is 11.6 Å². The van der Waals surface area contributed by atoms with E-state index in [0.717, 1.165) is 11.4 Å². The van der Waals surface area contributed by atoms with E-state index >= 15 is 0 Å². The lowest BCUT2D eigenvalue weighted by Crippen LogP contribution is -2.45. The smallest absolute Gasteiger partial charge is 0.268 e. The zero-order valence-electron chi connectivity index (χ0n) is 15.5. The standard InChI is InChI=1S/C16H24N6O3S/c1-12-11-13(2)21(17-12)15-5-6-16(23)22(18-15)14-7-9-20(10-8-14)26(24,25)19(3)4/h5-6,11,14H,7-10H2,1-4H3. The Balaban J connectivity index is 1.84. The molecule has 3 rings (SSSR count). The lowest BCUT2D eigenvalue weighted by atomic mass is 10.1. The zero-order chi connectivity index (χ0) is 19.1. The number of nitrogens with zero attached hydrogens (tertiary/aromatic N) is 6. The minimum Gasteiger partial charge on any atom is -0.268 e. The van der Waals surface area contributed by atoms with Gasteiger partial charge in [-0.25, -0.2) is 9.36 Å². The summed E-state index contributed by atoms with van der Waals surface area (Å²) in [7, 11) is -0.387. The summed E-state index contributed by atoms with van der Waals surface area (Å²) in [6.07, 6.45) is 1.08. The van der Waals surface area contributed by atoms with Crippen LogP contribution in [0.5, 0.6) is 0 Å². The summed E-state index contributed by atoms with van der Waals surface area (Å²) >= 11 is 0. The maximum absolute atomic E-state index is 12.3. The molecule has 0 radical (unpaired) electrons. The van der Waals surface area contributed by atoms with Crippen LogP contribution in [0.25, 0.3) is 5.82 Å². The largest absolute Gasteiger partial charge is 0.281 e. The van der Waals surface area contributed by atoms with Crippen molar-refractivity contribution in [1.29, 1.82) is 0 Å². The van der Waals surface area contributed by atoms with Crippen molar-refractivity contribution < 1.29 is 8.42 Å². The van der Waals surface area contributed by atoms with Gasteiger partial charge in [0.15, 0.2) is 5.82 Å². The van der Waals surface area contributed by atoms with E-state index in [1.807, 2.05) is 19.9 Å². The molecule has 10 heteroatoms. The van der Waals surface area contributed by atoms with Crippen molar-refractivity contribution in [3.63, 3.8) is 0 Å². The molecule has 1 saturated heterocycles. The second kappa shape index (κ2) is 6.93. The maximum atomic E-state index is 12.3. The summed E-state index contributed by atoms with van der Waals surface area (Å²) in [5.74, 6) is 0.582. The molecule has 0 atom stereocenters. The highest BCUT2D eigenvalue weighted by molar-refractivity contribution is 7.86. The van der Waals surface area contributed by atoms with E-state index in [1.165, 1.54) is 33.5 Å². The van der Waals surface area contributed by atoms with Crippen molar-refractivity contribution in [1.82, 2.24) is 28.2 Å². The predicted octanol–water partition coefficient (Wildman–Crippen LogP) is 0.489. The Morgan fingerprint density at radius 3 is 2.31 bits per heavy atom. The third-order valence-electron chi connectivity index (χ3n) is 4.59. The van der Waals surface area contributed by atoms with Gasteiger partial charge in [0.05, 0.1) is 11.7 Å². The van der Waals surface area contributed by atoms with Gasteiger partial charge in [-0.2, -0.15) is 22.1 Å². The van der Waals surface area contributed by atoms with Gasteiger partial charge in [-0.1, -0.05) is 0 Å². The van der Waals surface area contributed by atoms with Crippen LogP contribution in [0.4, 0.5) is 0 Å². The number of rotatable bonds is 4. The molecule has 0 saturated carbocycles. The van der Waals surface area contributed by atoms with Crippen LogP contribution < -0.4 is 5.56 Å². The maximum Gasteiger partial charge on any atom is 0.281 e. The fraction of sp³-hybridized carbons (Fsp3) is 0.562. The first-order valence-electron chi connectivity index (χ1n) is 8.51. The molecule has 9 nitrogen and oxygen atoms in total. The SMILES string of the molecule is Cc1cc(C)n(-c2ccc(=O)n(C3CCN(S(=O)(=O)N(C)C)CC3)n2)n1. The zero-order valence-corrected chi connectivity index (χ0v) is 16.3. The van der Waals surface area contributed by atoms with Gasteiger partial charge in [-0.15, -0.1) is 5.10 Å². The minimum atomic E-state index is -3.42. The van der Waals surface area contributed by atoms with E-state index in [1.54, 1.807) is 10.7 Å². The normalized spacial score (nSPS) is 17.1. The van der Waals surface area contributed by atoms with Crippen molar-refractivity contribution in [3.05, 3.63) is 39.9 Å². The molecule has 142 valence electrons. The van der Waals surface area contributed by atoms with Crippen LogP contribution in [0.15, 0.2) is 23.0 Å². The second-order valence-electron chi connectivity index (χ2n) is 6.73. The summed E-state index contributed by atoms with van der Waals surface area (Å²) < 4.78 is 30.3.